The van der Waals surface area contributed by atoms with Crippen molar-refractivity contribution in [3.8, 4) is 5.75 Å². The van der Waals surface area contributed by atoms with Crippen LogP contribution in [0.4, 0.5) is 11.5 Å². The molecule has 5 rings (SSSR count). The highest BCUT2D eigenvalue weighted by molar-refractivity contribution is 7.89. The molecule has 1 aliphatic heterocycles. The molecule has 0 aliphatic carbocycles. The fourth-order valence-electron chi connectivity index (χ4n) is 5.43. The molecule has 0 spiro atoms. The molecule has 1 saturated heterocycles. The van der Waals surface area contributed by atoms with Gasteiger partial charge in [-0.05, 0) is 98.2 Å². The van der Waals surface area contributed by atoms with Gasteiger partial charge in [0.1, 0.15) is 17.6 Å². The third-order valence-electron chi connectivity index (χ3n) is 7.62. The minimum absolute atomic E-state index is 0.0163. The fraction of sp³-hybridized carbons (Fsp3) is 0.333. The number of benzene rings is 3. The Kier molecular flexibility index (Phi) is 9.17. The normalized spacial score (nSPS) is 14.9. The lowest BCUT2D eigenvalue weighted by atomic mass is 10.0. The third kappa shape index (κ3) is 6.92. The van der Waals surface area contributed by atoms with Gasteiger partial charge in [-0.3, -0.25) is 4.79 Å². The fourth-order valence-corrected chi connectivity index (χ4v) is 7.17. The number of pyridine rings is 1. The molecule has 1 amide bonds. The van der Waals surface area contributed by atoms with Crippen LogP contribution in [0.15, 0.2) is 77.8 Å². The Balaban J connectivity index is 1.43. The Morgan fingerprint density at radius 2 is 1.79 bits per heavy atom. The van der Waals surface area contributed by atoms with E-state index in [4.69, 9.17) is 10.5 Å². The smallest absolute Gasteiger partial charge is 0.247 e. The van der Waals surface area contributed by atoms with Gasteiger partial charge < -0.3 is 21.1 Å². The highest BCUT2D eigenvalue weighted by Crippen LogP contribution is 2.29. The maximum Gasteiger partial charge on any atom is 0.247 e. The van der Waals surface area contributed by atoms with E-state index in [1.54, 1.807) is 34.8 Å². The van der Waals surface area contributed by atoms with Crippen LogP contribution in [0.5, 0.6) is 5.75 Å². The first-order chi connectivity index (χ1) is 20.6. The summed E-state index contributed by atoms with van der Waals surface area (Å²) in [6.07, 6.45) is 4.40. The highest BCUT2D eigenvalue weighted by Gasteiger charge is 2.29. The summed E-state index contributed by atoms with van der Waals surface area (Å²) in [6.45, 7) is 6.97. The van der Waals surface area contributed by atoms with Crippen molar-refractivity contribution in [3.05, 3.63) is 89.6 Å². The molecular formula is C33H39N5O4S. The van der Waals surface area contributed by atoms with E-state index in [1.165, 1.54) is 0 Å². The first-order valence-corrected chi connectivity index (χ1v) is 16.1. The largest absolute Gasteiger partial charge is 0.491 e. The van der Waals surface area contributed by atoms with Gasteiger partial charge in [-0.2, -0.15) is 4.31 Å². The molecular weight excluding hydrogens is 562 g/mol. The van der Waals surface area contributed by atoms with Crippen molar-refractivity contribution < 1.29 is 17.9 Å². The van der Waals surface area contributed by atoms with E-state index < -0.39 is 16.1 Å². The summed E-state index contributed by atoms with van der Waals surface area (Å²) >= 11 is 0. The topological polar surface area (TPSA) is 127 Å². The van der Waals surface area contributed by atoms with Crippen LogP contribution in [0.25, 0.3) is 10.8 Å². The predicted molar refractivity (Wildman–Crippen MR) is 170 cm³/mol. The average Bonchev–Trinajstić information content (AvgIpc) is 3.00. The summed E-state index contributed by atoms with van der Waals surface area (Å²) < 4.78 is 34.5. The predicted octanol–water partition coefficient (Wildman–Crippen LogP) is 5.56. The Bertz CT molecular complexity index is 1720. The second kappa shape index (κ2) is 13.0. The van der Waals surface area contributed by atoms with Crippen LogP contribution >= 0.6 is 0 Å². The maximum atomic E-state index is 13.9. The van der Waals surface area contributed by atoms with Gasteiger partial charge in [0.15, 0.2) is 0 Å². The monoisotopic (exact) mass is 601 g/mol. The number of nitrogens with two attached hydrogens (primary N) is 1. The van der Waals surface area contributed by atoms with Crippen molar-refractivity contribution in [2.24, 2.45) is 0 Å². The number of nitrogens with zero attached hydrogens (tertiary/aromatic N) is 2. The minimum atomic E-state index is -3.67. The van der Waals surface area contributed by atoms with Gasteiger partial charge in [-0.25, -0.2) is 13.4 Å². The maximum absolute atomic E-state index is 13.9. The first kappa shape index (κ1) is 30.3. The lowest BCUT2D eigenvalue weighted by Gasteiger charge is -2.27. The molecule has 1 aliphatic rings. The van der Waals surface area contributed by atoms with Gasteiger partial charge in [-0.15, -0.1) is 0 Å². The lowest BCUT2D eigenvalue weighted by Crippen LogP contribution is -2.37. The van der Waals surface area contributed by atoms with E-state index in [1.807, 2.05) is 63.2 Å². The highest BCUT2D eigenvalue weighted by atomic mass is 32.2. The molecule has 4 N–H and O–H groups in total. The molecule has 4 aromatic rings. The molecule has 0 radical (unpaired) electrons. The summed E-state index contributed by atoms with van der Waals surface area (Å²) in [5.41, 5.74) is 8.97. The van der Waals surface area contributed by atoms with E-state index in [9.17, 15) is 13.2 Å². The average molecular weight is 602 g/mol. The number of nitrogen functional groups attached to an aromatic ring is 1. The van der Waals surface area contributed by atoms with Crippen LogP contribution in [0.2, 0.25) is 0 Å². The van der Waals surface area contributed by atoms with Gasteiger partial charge >= 0.3 is 0 Å². The SMILES string of the molecule is Cc1cc([C@@H](Nc2ccc3c(N)nccc3c2)C(=O)NCc2ccccc2S(=O)(=O)N2CCCCC2)ccc1OC(C)C. The zero-order chi connectivity index (χ0) is 30.6. The van der Waals surface area contributed by atoms with Crippen molar-refractivity contribution in [1.29, 1.82) is 0 Å². The summed E-state index contributed by atoms with van der Waals surface area (Å²) in [4.78, 5) is 18.3. The van der Waals surface area contributed by atoms with Gasteiger partial charge in [0, 0.05) is 36.9 Å². The van der Waals surface area contributed by atoms with Crippen LogP contribution in [-0.4, -0.2) is 42.8 Å². The summed E-state index contributed by atoms with van der Waals surface area (Å²) in [5.74, 6) is 0.896. The molecule has 1 atom stereocenters. The van der Waals surface area contributed by atoms with E-state index >= 15 is 0 Å². The molecule has 10 heteroatoms. The molecule has 0 bridgehead atoms. The number of nitrogens with one attached hydrogen (secondary N) is 2. The Labute approximate surface area is 253 Å². The number of piperidine rings is 1. The summed E-state index contributed by atoms with van der Waals surface area (Å²) in [7, 11) is -3.67. The van der Waals surface area contributed by atoms with E-state index in [0.717, 1.165) is 52.6 Å². The van der Waals surface area contributed by atoms with Crippen molar-refractivity contribution >= 4 is 38.2 Å². The molecule has 9 nitrogen and oxygen atoms in total. The quantitative estimate of drug-likeness (QED) is 0.217. The van der Waals surface area contributed by atoms with Gasteiger partial charge in [0.2, 0.25) is 15.9 Å². The number of hydrogen-bond donors (Lipinski definition) is 3. The number of amides is 1. The van der Waals surface area contributed by atoms with Crippen LogP contribution in [0, 0.1) is 6.92 Å². The number of aryl methyl sites for hydroxylation is 1. The van der Waals surface area contributed by atoms with Gasteiger partial charge in [0.05, 0.1) is 11.0 Å². The second-order valence-corrected chi connectivity index (χ2v) is 13.1. The lowest BCUT2D eigenvalue weighted by molar-refractivity contribution is -0.122. The zero-order valence-corrected chi connectivity index (χ0v) is 25.7. The first-order valence-electron chi connectivity index (χ1n) is 14.7. The van der Waals surface area contributed by atoms with Crippen molar-refractivity contribution in [2.75, 3.05) is 24.1 Å². The molecule has 3 aromatic carbocycles. The van der Waals surface area contributed by atoms with Crippen LogP contribution < -0.4 is 21.1 Å². The summed E-state index contributed by atoms with van der Waals surface area (Å²) in [5, 5.41) is 8.11. The van der Waals surface area contributed by atoms with Gasteiger partial charge in [0.25, 0.3) is 0 Å². The van der Waals surface area contributed by atoms with Crippen molar-refractivity contribution in [3.63, 3.8) is 0 Å². The molecule has 226 valence electrons. The van der Waals surface area contributed by atoms with E-state index in [-0.39, 0.29) is 23.5 Å². The minimum Gasteiger partial charge on any atom is -0.491 e. The molecule has 1 fully saturated rings. The molecule has 2 heterocycles. The second-order valence-electron chi connectivity index (χ2n) is 11.2. The number of ether oxygens (including phenoxy) is 1. The van der Waals surface area contributed by atoms with Crippen molar-refractivity contribution in [1.82, 2.24) is 14.6 Å². The van der Waals surface area contributed by atoms with E-state index in [2.05, 4.69) is 15.6 Å². The van der Waals surface area contributed by atoms with Crippen LogP contribution in [0.1, 0.15) is 55.8 Å². The molecule has 0 unspecified atom stereocenters. The van der Waals surface area contributed by atoms with Crippen LogP contribution in [-0.2, 0) is 21.4 Å². The van der Waals surface area contributed by atoms with Gasteiger partial charge in [-0.1, -0.05) is 30.7 Å². The third-order valence-corrected chi connectivity index (χ3v) is 9.62. The molecule has 43 heavy (non-hydrogen) atoms. The van der Waals surface area contributed by atoms with E-state index in [0.29, 0.717) is 24.5 Å². The number of fused-ring (bicyclic) bond motifs is 1. The number of anilines is 2. The number of carbonyl (C=O) groups is 1. The Morgan fingerprint density at radius 1 is 1.02 bits per heavy atom. The van der Waals surface area contributed by atoms with Crippen molar-refractivity contribution in [2.45, 2.75) is 63.6 Å². The summed E-state index contributed by atoms with van der Waals surface area (Å²) in [6, 6.07) is 19.3. The Morgan fingerprint density at radius 3 is 2.53 bits per heavy atom. The molecule has 1 aromatic heterocycles. The number of aromatic nitrogens is 1. The van der Waals surface area contributed by atoms with Crippen LogP contribution in [0.3, 0.4) is 0 Å². The Hall–Kier alpha value is -4.15. The molecule has 0 saturated carbocycles. The standard InChI is InChI=1S/C33H39N5O4S/c1-22(2)42-29-14-11-25(19-23(29)3)31(37-27-12-13-28-24(20-27)15-16-35-32(28)34)33(39)36-21-26-9-5-6-10-30(26)43(40,41)38-17-7-4-8-18-38/h5-6,9-16,19-20,22,31,37H,4,7-8,17-18,21H2,1-3H3,(H2,34,35)(H,36,39)/t31-/m1/s1. The number of hydrogen-bond acceptors (Lipinski definition) is 7. The number of sulfonamides is 1. The number of rotatable bonds is 10. The number of carbonyl (C=O) groups excluding carboxylic acids is 1. The zero-order valence-electron chi connectivity index (χ0n) is 24.8.